The Morgan fingerprint density at radius 3 is 1.91 bits per heavy atom. The van der Waals surface area contributed by atoms with E-state index in [0.29, 0.717) is 24.9 Å². The molecule has 0 saturated heterocycles. The highest BCUT2D eigenvalue weighted by Gasteiger charge is 2.37. The molecule has 0 aliphatic heterocycles. The molecule has 0 unspecified atom stereocenters. The van der Waals surface area contributed by atoms with Crippen LogP contribution < -0.4 is 16.0 Å². The Bertz CT molecular complexity index is 1370. The summed E-state index contributed by atoms with van der Waals surface area (Å²) < 4.78 is 24.9. The van der Waals surface area contributed by atoms with Crippen LogP contribution in [0.2, 0.25) is 0 Å². The zero-order chi connectivity index (χ0) is 32.0. The molecule has 0 fully saturated rings. The monoisotopic (exact) mass is 621 g/mol. The van der Waals surface area contributed by atoms with Gasteiger partial charge in [0.05, 0.1) is 0 Å². The van der Waals surface area contributed by atoms with Gasteiger partial charge in [0.15, 0.2) is 0 Å². The predicted molar refractivity (Wildman–Crippen MR) is 173 cm³/mol. The van der Waals surface area contributed by atoms with Gasteiger partial charge in [-0.2, -0.15) is 0 Å². The summed E-state index contributed by atoms with van der Waals surface area (Å²) in [6, 6.07) is 27.2. The van der Waals surface area contributed by atoms with Crippen molar-refractivity contribution in [3.8, 4) is 0 Å². The van der Waals surface area contributed by atoms with E-state index in [1.165, 1.54) is 7.11 Å². The molecule has 3 N–H and O–H groups in total. The van der Waals surface area contributed by atoms with Crippen molar-refractivity contribution in [2.45, 2.75) is 58.5 Å². The predicted octanol–water partition coefficient (Wildman–Crippen LogP) is 6.60. The van der Waals surface area contributed by atoms with Crippen molar-refractivity contribution < 1.29 is 28.2 Å². The first-order valence-electron chi connectivity index (χ1n) is 14.9. The molecule has 0 aromatic heterocycles. The van der Waals surface area contributed by atoms with E-state index in [4.69, 9.17) is 9.26 Å². The third-order valence-electron chi connectivity index (χ3n) is 7.29. The van der Waals surface area contributed by atoms with Crippen molar-refractivity contribution >= 4 is 31.0 Å². The van der Waals surface area contributed by atoms with E-state index >= 15 is 0 Å². The molecule has 0 heterocycles. The van der Waals surface area contributed by atoms with Gasteiger partial charge in [-0.15, -0.1) is 0 Å². The molecule has 0 bridgehead atoms. The third kappa shape index (κ3) is 11.3. The molecular formula is C34H44N3O6P. The minimum atomic E-state index is -3.59. The maximum atomic E-state index is 14.1. The molecule has 4 atom stereocenters. The maximum Gasteiger partial charge on any atom is 0.408 e. The summed E-state index contributed by atoms with van der Waals surface area (Å²) >= 11 is 0. The number of hydrogen-bond acceptors (Lipinski definition) is 6. The second-order valence-corrected chi connectivity index (χ2v) is 14.2. The number of carbonyl (C=O) groups excluding carboxylic acids is 3. The van der Waals surface area contributed by atoms with Crippen LogP contribution in [-0.4, -0.2) is 43.0 Å². The fourth-order valence-electron chi connectivity index (χ4n) is 4.77. The van der Waals surface area contributed by atoms with Crippen LogP contribution in [0.4, 0.5) is 10.5 Å². The first kappa shape index (κ1) is 34.5. The van der Waals surface area contributed by atoms with E-state index in [9.17, 15) is 18.9 Å². The van der Waals surface area contributed by atoms with Gasteiger partial charge in [0.25, 0.3) is 0 Å². The minimum absolute atomic E-state index is 0.0566. The fraction of sp³-hybridized carbons (Fsp3) is 0.382. The van der Waals surface area contributed by atoms with Gasteiger partial charge in [-0.25, -0.2) is 4.79 Å². The van der Waals surface area contributed by atoms with Gasteiger partial charge in [-0.3, -0.25) is 14.2 Å². The van der Waals surface area contributed by atoms with Crippen LogP contribution in [-0.2, 0) is 36.4 Å². The smallest absolute Gasteiger partial charge is 0.408 e. The van der Waals surface area contributed by atoms with Crippen molar-refractivity contribution in [3.05, 3.63) is 102 Å². The highest BCUT2D eigenvalue weighted by molar-refractivity contribution is 7.59. The number of aryl methyl sites for hydroxylation is 1. The average molecular weight is 622 g/mol. The molecule has 3 aromatic carbocycles. The third-order valence-corrected chi connectivity index (χ3v) is 10.2. The molecule has 0 spiro atoms. The van der Waals surface area contributed by atoms with E-state index in [2.05, 4.69) is 16.0 Å². The first-order chi connectivity index (χ1) is 21.1. The summed E-state index contributed by atoms with van der Waals surface area (Å²) in [4.78, 5) is 39.6. The van der Waals surface area contributed by atoms with Crippen LogP contribution in [0.1, 0.15) is 44.7 Å². The lowest BCUT2D eigenvalue weighted by atomic mass is 9.98. The van der Waals surface area contributed by atoms with Gasteiger partial charge in [0.1, 0.15) is 18.4 Å². The minimum Gasteiger partial charge on any atom is -0.445 e. The molecule has 3 aromatic rings. The number of anilines is 1. The lowest BCUT2D eigenvalue weighted by Crippen LogP contribution is -2.47. The SMILES string of the molecule is CO[P@@](=O)(C[C@H](CCc1ccccc1)C(=O)N[C@@H](CC(C)C)C(=O)Nc1ccccc1)[C@H](C)NC(=O)OCc1ccccc1. The number of benzene rings is 3. The highest BCUT2D eigenvalue weighted by Crippen LogP contribution is 2.52. The van der Waals surface area contributed by atoms with E-state index in [0.717, 1.165) is 11.1 Å². The van der Waals surface area contributed by atoms with E-state index < -0.39 is 37.1 Å². The summed E-state index contributed by atoms with van der Waals surface area (Å²) in [5.41, 5.74) is 2.47. The van der Waals surface area contributed by atoms with Crippen LogP contribution >= 0.6 is 7.37 Å². The molecule has 0 radical (unpaired) electrons. The number of ether oxygens (including phenoxy) is 1. The summed E-state index contributed by atoms with van der Waals surface area (Å²) in [7, 11) is -2.28. The normalized spacial score (nSPS) is 14.5. The molecule has 236 valence electrons. The van der Waals surface area contributed by atoms with Gasteiger partial charge < -0.3 is 25.2 Å². The molecule has 44 heavy (non-hydrogen) atoms. The second kappa shape index (κ2) is 17.4. The number of hydrogen-bond donors (Lipinski definition) is 3. The number of alkyl carbamates (subject to hydrolysis) is 1. The lowest BCUT2D eigenvalue weighted by Gasteiger charge is -2.29. The van der Waals surface area contributed by atoms with E-state index in [-0.39, 0.29) is 24.6 Å². The van der Waals surface area contributed by atoms with Gasteiger partial charge in [-0.1, -0.05) is 92.7 Å². The Morgan fingerprint density at radius 2 is 1.34 bits per heavy atom. The zero-order valence-electron chi connectivity index (χ0n) is 25.9. The number of rotatable bonds is 16. The quantitative estimate of drug-likeness (QED) is 0.155. The topological polar surface area (TPSA) is 123 Å². The molecule has 0 aliphatic rings. The van der Waals surface area contributed by atoms with Crippen LogP contribution in [0, 0.1) is 11.8 Å². The van der Waals surface area contributed by atoms with Gasteiger partial charge in [0, 0.05) is 24.9 Å². The van der Waals surface area contributed by atoms with E-state index in [1.807, 2.05) is 92.7 Å². The molecule has 10 heteroatoms. The van der Waals surface area contributed by atoms with Crippen molar-refractivity contribution in [3.63, 3.8) is 0 Å². The van der Waals surface area contributed by atoms with Crippen molar-refractivity contribution in [1.82, 2.24) is 10.6 Å². The van der Waals surface area contributed by atoms with Crippen LogP contribution in [0.15, 0.2) is 91.0 Å². The van der Waals surface area contributed by atoms with Crippen molar-refractivity contribution in [1.29, 1.82) is 0 Å². The standard InChI is InChI=1S/C34H44N3O6P/c1-25(2)22-31(33(39)36-30-18-12-7-13-19-30)37-32(38)29(21-20-27-14-8-5-9-15-27)24-44(41,42-4)26(3)35-34(40)43-23-28-16-10-6-11-17-28/h5-19,25-26,29,31H,20-24H2,1-4H3,(H,35,40)(H,36,39)(H,37,38)/t26-,29+,31+,44+/m1/s1. The van der Waals surface area contributed by atoms with E-state index in [1.54, 1.807) is 19.1 Å². The molecule has 3 rings (SSSR count). The van der Waals surface area contributed by atoms with Crippen molar-refractivity contribution in [2.24, 2.45) is 11.8 Å². The highest BCUT2D eigenvalue weighted by atomic mass is 31.2. The van der Waals surface area contributed by atoms with Crippen LogP contribution in [0.25, 0.3) is 0 Å². The Balaban J connectivity index is 1.75. The molecular weight excluding hydrogens is 577 g/mol. The summed E-state index contributed by atoms with van der Waals surface area (Å²) in [5, 5.41) is 8.43. The Labute approximate surface area is 260 Å². The number of carbonyl (C=O) groups is 3. The summed E-state index contributed by atoms with van der Waals surface area (Å²) in [6.07, 6.45) is 0.469. The van der Waals surface area contributed by atoms with Gasteiger partial charge in [-0.05, 0) is 55.4 Å². The molecule has 3 amide bonds. The largest absolute Gasteiger partial charge is 0.445 e. The number of nitrogens with one attached hydrogen (secondary N) is 3. The molecule has 0 saturated carbocycles. The zero-order valence-corrected chi connectivity index (χ0v) is 26.8. The molecule has 9 nitrogen and oxygen atoms in total. The summed E-state index contributed by atoms with van der Waals surface area (Å²) in [5.74, 6) is -2.28. The first-order valence-corrected chi connectivity index (χ1v) is 16.8. The van der Waals surface area contributed by atoms with Gasteiger partial charge in [0.2, 0.25) is 19.2 Å². The summed E-state index contributed by atoms with van der Waals surface area (Å²) in [6.45, 7) is 5.59. The van der Waals surface area contributed by atoms with Gasteiger partial charge >= 0.3 is 6.09 Å². The number of amides is 3. The Hall–Kier alpha value is -3.94. The average Bonchev–Trinajstić information content (AvgIpc) is 3.02. The lowest BCUT2D eigenvalue weighted by molar-refractivity contribution is -0.129. The Kier molecular flexibility index (Phi) is 13.6. The van der Waals surface area contributed by atoms with Crippen molar-refractivity contribution in [2.75, 3.05) is 18.6 Å². The van der Waals surface area contributed by atoms with Crippen LogP contribution in [0.5, 0.6) is 0 Å². The molecule has 0 aliphatic carbocycles. The Morgan fingerprint density at radius 1 is 0.773 bits per heavy atom. The second-order valence-electron chi connectivity index (χ2n) is 11.2. The fourth-order valence-corrected chi connectivity index (χ4v) is 6.81. The number of para-hydroxylation sites is 1. The van der Waals surface area contributed by atoms with Crippen LogP contribution in [0.3, 0.4) is 0 Å². The maximum absolute atomic E-state index is 14.1.